The van der Waals surface area contributed by atoms with Gasteiger partial charge in [0.15, 0.2) is 19.3 Å². The number of hydrogen-bond donors (Lipinski definition) is 0. The zero-order chi connectivity index (χ0) is 13.3. The summed E-state index contributed by atoms with van der Waals surface area (Å²) in [4.78, 5) is 12.0. The van der Waals surface area contributed by atoms with Crippen molar-refractivity contribution in [3.63, 3.8) is 0 Å². The van der Waals surface area contributed by atoms with E-state index >= 15 is 0 Å². The molecule has 0 fully saturated rings. The molecule has 0 amide bonds. The highest BCUT2D eigenvalue weighted by atomic mass is 79.9. The van der Waals surface area contributed by atoms with Crippen LogP contribution in [-0.2, 0) is 9.84 Å². The van der Waals surface area contributed by atoms with E-state index in [9.17, 15) is 17.6 Å². The SMILES string of the molecule is CCS(=O)(=O)C(C)(Br)C(=O)c1ccc(F)cc1. The lowest BCUT2D eigenvalue weighted by Gasteiger charge is -2.20. The van der Waals surface area contributed by atoms with Crippen LogP contribution in [-0.4, -0.2) is 23.6 Å². The number of halogens is 2. The minimum Gasteiger partial charge on any atom is -0.291 e. The van der Waals surface area contributed by atoms with Gasteiger partial charge in [-0.25, -0.2) is 12.8 Å². The fourth-order valence-electron chi connectivity index (χ4n) is 1.27. The van der Waals surface area contributed by atoms with Gasteiger partial charge >= 0.3 is 0 Å². The van der Waals surface area contributed by atoms with Gasteiger partial charge < -0.3 is 0 Å². The van der Waals surface area contributed by atoms with Gasteiger partial charge in [-0.2, -0.15) is 0 Å². The summed E-state index contributed by atoms with van der Waals surface area (Å²) in [7, 11) is -3.58. The van der Waals surface area contributed by atoms with E-state index in [0.29, 0.717) is 0 Å². The molecule has 0 spiro atoms. The second-order valence-corrected chi connectivity index (χ2v) is 8.39. The van der Waals surface area contributed by atoms with E-state index in [0.717, 1.165) is 12.1 Å². The van der Waals surface area contributed by atoms with Gasteiger partial charge in [-0.15, -0.1) is 0 Å². The smallest absolute Gasteiger partial charge is 0.194 e. The molecule has 1 unspecified atom stereocenters. The maximum absolute atomic E-state index is 12.7. The minimum atomic E-state index is -3.58. The number of sulfone groups is 1. The van der Waals surface area contributed by atoms with Crippen molar-refractivity contribution >= 4 is 31.6 Å². The number of benzene rings is 1. The lowest BCUT2D eigenvalue weighted by Crippen LogP contribution is -2.38. The third-order valence-corrected chi connectivity index (χ3v) is 6.43. The molecule has 94 valence electrons. The zero-order valence-corrected chi connectivity index (χ0v) is 11.8. The largest absolute Gasteiger partial charge is 0.291 e. The molecule has 0 aliphatic heterocycles. The van der Waals surface area contributed by atoms with Crippen LogP contribution in [0, 0.1) is 5.82 Å². The molecule has 0 radical (unpaired) electrons. The van der Waals surface area contributed by atoms with E-state index in [1.807, 2.05) is 0 Å². The number of carbonyl (C=O) groups is 1. The molecule has 0 bridgehead atoms. The average Bonchev–Trinajstić information content (AvgIpc) is 2.28. The van der Waals surface area contributed by atoms with Crippen molar-refractivity contribution < 1.29 is 17.6 Å². The van der Waals surface area contributed by atoms with Crippen LogP contribution in [0.2, 0.25) is 0 Å². The summed E-state index contributed by atoms with van der Waals surface area (Å²) in [6.45, 7) is 2.75. The van der Waals surface area contributed by atoms with Crippen LogP contribution in [0.1, 0.15) is 24.2 Å². The first kappa shape index (κ1) is 14.3. The van der Waals surface area contributed by atoms with E-state index < -0.39 is 25.1 Å². The second-order valence-electron chi connectivity index (χ2n) is 3.66. The van der Waals surface area contributed by atoms with Crippen LogP contribution < -0.4 is 0 Å². The number of carbonyl (C=O) groups excluding carboxylic acids is 1. The molecule has 0 saturated heterocycles. The van der Waals surface area contributed by atoms with E-state index in [-0.39, 0.29) is 11.3 Å². The van der Waals surface area contributed by atoms with Crippen LogP contribution >= 0.6 is 15.9 Å². The van der Waals surface area contributed by atoms with Crippen LogP contribution in [0.25, 0.3) is 0 Å². The third kappa shape index (κ3) is 2.74. The molecular formula is C11H12BrFO3S. The van der Waals surface area contributed by atoms with Gasteiger partial charge in [0, 0.05) is 11.3 Å². The van der Waals surface area contributed by atoms with Crippen molar-refractivity contribution in [3.05, 3.63) is 35.6 Å². The van der Waals surface area contributed by atoms with Gasteiger partial charge in [-0.3, -0.25) is 4.79 Å². The standard InChI is InChI=1S/C11H12BrFO3S/c1-3-17(15,16)11(2,12)10(14)8-4-6-9(13)7-5-8/h4-7H,3H2,1-2H3. The van der Waals surface area contributed by atoms with E-state index in [4.69, 9.17) is 0 Å². The summed E-state index contributed by atoms with van der Waals surface area (Å²) in [5.41, 5.74) is 0.155. The Morgan fingerprint density at radius 2 is 1.82 bits per heavy atom. The fraction of sp³-hybridized carbons (Fsp3) is 0.364. The van der Waals surface area contributed by atoms with Crippen molar-refractivity contribution in [1.82, 2.24) is 0 Å². The second kappa shape index (κ2) is 4.86. The number of ketones is 1. The first-order valence-electron chi connectivity index (χ1n) is 4.94. The maximum atomic E-state index is 12.7. The Kier molecular flexibility index (Phi) is 4.09. The Balaban J connectivity index is 3.18. The van der Waals surface area contributed by atoms with Crippen molar-refractivity contribution in [2.45, 2.75) is 17.5 Å². The molecule has 0 heterocycles. The molecule has 1 aromatic rings. The summed E-state index contributed by atoms with van der Waals surface area (Å²) >= 11 is 2.95. The van der Waals surface area contributed by atoms with Gasteiger partial charge in [0.05, 0.1) is 0 Å². The molecule has 0 saturated carbocycles. The molecule has 1 atom stereocenters. The molecule has 6 heteroatoms. The zero-order valence-electron chi connectivity index (χ0n) is 9.41. The van der Waals surface area contributed by atoms with E-state index in [2.05, 4.69) is 15.9 Å². The predicted molar refractivity (Wildman–Crippen MR) is 67.5 cm³/mol. The van der Waals surface area contributed by atoms with Crippen molar-refractivity contribution in [2.24, 2.45) is 0 Å². The highest BCUT2D eigenvalue weighted by molar-refractivity contribution is 9.12. The number of rotatable bonds is 4. The fourth-order valence-corrected chi connectivity index (χ4v) is 3.13. The van der Waals surface area contributed by atoms with E-state index in [1.54, 1.807) is 0 Å². The van der Waals surface area contributed by atoms with Gasteiger partial charge in [0.25, 0.3) is 0 Å². The molecular weight excluding hydrogens is 311 g/mol. The number of hydrogen-bond acceptors (Lipinski definition) is 3. The molecule has 3 nitrogen and oxygen atoms in total. The Morgan fingerprint density at radius 1 is 1.35 bits per heavy atom. The number of Topliss-reactive ketones (excluding diaryl/α,β-unsaturated/α-hetero) is 1. The Labute approximate surface area is 108 Å². The van der Waals surface area contributed by atoms with Gasteiger partial charge in [-0.1, -0.05) is 22.9 Å². The van der Waals surface area contributed by atoms with Crippen molar-refractivity contribution in [1.29, 1.82) is 0 Å². The van der Waals surface area contributed by atoms with Crippen LogP contribution in [0.4, 0.5) is 4.39 Å². The summed E-state index contributed by atoms with van der Waals surface area (Å²) in [5.74, 6) is -1.22. The van der Waals surface area contributed by atoms with Gasteiger partial charge in [-0.05, 0) is 31.2 Å². The quantitative estimate of drug-likeness (QED) is 0.632. The summed E-state index contributed by atoms with van der Waals surface area (Å²) in [5, 5.41) is 0. The van der Waals surface area contributed by atoms with Crippen LogP contribution in [0.5, 0.6) is 0 Å². The molecule has 1 aromatic carbocycles. The topological polar surface area (TPSA) is 51.2 Å². The Bertz CT molecular complexity index is 520. The Hall–Kier alpha value is -0.750. The van der Waals surface area contributed by atoms with Gasteiger partial charge in [0.1, 0.15) is 5.82 Å². The maximum Gasteiger partial charge on any atom is 0.194 e. The average molecular weight is 323 g/mol. The lowest BCUT2D eigenvalue weighted by atomic mass is 10.1. The van der Waals surface area contributed by atoms with Crippen LogP contribution in [0.15, 0.2) is 24.3 Å². The van der Waals surface area contributed by atoms with Crippen LogP contribution in [0.3, 0.4) is 0 Å². The summed E-state index contributed by atoms with van der Waals surface area (Å²) in [6, 6.07) is 4.77. The number of alkyl halides is 1. The van der Waals surface area contributed by atoms with E-state index in [1.165, 1.54) is 26.0 Å². The third-order valence-electron chi connectivity index (χ3n) is 2.48. The molecule has 17 heavy (non-hydrogen) atoms. The molecule has 0 N–H and O–H groups in total. The molecule has 0 aliphatic carbocycles. The highest BCUT2D eigenvalue weighted by Crippen LogP contribution is 2.30. The molecule has 1 rings (SSSR count). The first-order chi connectivity index (χ1) is 7.72. The summed E-state index contributed by atoms with van der Waals surface area (Å²) < 4.78 is 34.6. The minimum absolute atomic E-state index is 0.151. The summed E-state index contributed by atoms with van der Waals surface area (Å²) in [6.07, 6.45) is 0. The van der Waals surface area contributed by atoms with Gasteiger partial charge in [0.2, 0.25) is 0 Å². The molecule has 0 aromatic heterocycles. The normalized spacial score (nSPS) is 15.3. The highest BCUT2D eigenvalue weighted by Gasteiger charge is 2.42. The Morgan fingerprint density at radius 3 is 2.24 bits per heavy atom. The molecule has 0 aliphatic rings. The van der Waals surface area contributed by atoms with Crippen molar-refractivity contribution in [2.75, 3.05) is 5.75 Å². The predicted octanol–water partition coefficient (Wildman–Crippen LogP) is 2.55. The lowest BCUT2D eigenvalue weighted by molar-refractivity contribution is 0.0983. The van der Waals surface area contributed by atoms with Crippen molar-refractivity contribution in [3.8, 4) is 0 Å². The monoisotopic (exact) mass is 322 g/mol. The first-order valence-corrected chi connectivity index (χ1v) is 7.38.